The number of nitrogens with one attached hydrogen (secondary N) is 1. The van der Waals surface area contributed by atoms with Crippen LogP contribution in [0.3, 0.4) is 0 Å². The van der Waals surface area contributed by atoms with Crippen molar-refractivity contribution in [2.75, 3.05) is 6.61 Å². The van der Waals surface area contributed by atoms with Crippen molar-refractivity contribution in [3.05, 3.63) is 135 Å². The lowest BCUT2D eigenvalue weighted by atomic mass is 9.99. The quantitative estimate of drug-likeness (QED) is 0.304. The van der Waals surface area contributed by atoms with E-state index in [-0.39, 0.29) is 22.6 Å². The van der Waals surface area contributed by atoms with E-state index in [1.54, 1.807) is 13.1 Å². The third kappa shape index (κ3) is 5.98. The van der Waals surface area contributed by atoms with Crippen LogP contribution in [-0.2, 0) is 9.16 Å². The minimum absolute atomic E-state index is 0.00226. The molecule has 1 aliphatic rings. The van der Waals surface area contributed by atoms with Gasteiger partial charge in [-0.05, 0) is 27.9 Å². The van der Waals surface area contributed by atoms with E-state index in [0.717, 1.165) is 5.56 Å². The summed E-state index contributed by atoms with van der Waals surface area (Å²) in [5.41, 5.74) is 0.720. The molecular formula is C34H38N2O4Si. The highest BCUT2D eigenvalue weighted by molar-refractivity contribution is 6.99. The standard InChI is InChI=1S/C34H38N2O4Si/c1-25-23-36(33(38)35-32(25)37)31-22-27(21-20-26-14-8-5-9-15-26)30(40-31)24-39-41(34(2,3)4,28-16-10-6-11-17-28)29-18-12-7-13-19-29/h5-21,23,27,30-31H,22,24H2,1-4H3,(H,35,37,38)/b21-20+/t27-,30+,31+/m0/s1. The summed E-state index contributed by atoms with van der Waals surface area (Å²) in [7, 11) is -2.78. The van der Waals surface area contributed by atoms with Gasteiger partial charge in [-0.25, -0.2) is 4.79 Å². The molecule has 3 atom stereocenters. The monoisotopic (exact) mass is 566 g/mol. The number of ether oxygens (including phenoxy) is 1. The van der Waals surface area contributed by atoms with Gasteiger partial charge in [-0.15, -0.1) is 0 Å². The van der Waals surface area contributed by atoms with Gasteiger partial charge in [0.25, 0.3) is 13.9 Å². The molecule has 1 saturated heterocycles. The van der Waals surface area contributed by atoms with Gasteiger partial charge in [0.1, 0.15) is 6.23 Å². The maximum atomic E-state index is 12.8. The van der Waals surface area contributed by atoms with Crippen LogP contribution in [0.5, 0.6) is 0 Å². The fourth-order valence-corrected chi connectivity index (χ4v) is 10.4. The Morgan fingerprint density at radius 2 is 1.49 bits per heavy atom. The maximum Gasteiger partial charge on any atom is 0.330 e. The van der Waals surface area contributed by atoms with Gasteiger partial charge in [-0.2, -0.15) is 0 Å². The van der Waals surface area contributed by atoms with Gasteiger partial charge in [0, 0.05) is 24.1 Å². The zero-order chi connectivity index (χ0) is 29.0. The van der Waals surface area contributed by atoms with Gasteiger partial charge < -0.3 is 9.16 Å². The number of hydrogen-bond donors (Lipinski definition) is 1. The average molecular weight is 567 g/mol. The molecule has 1 fully saturated rings. The summed E-state index contributed by atoms with van der Waals surface area (Å²) in [6.45, 7) is 8.83. The average Bonchev–Trinajstić information content (AvgIpc) is 3.38. The van der Waals surface area contributed by atoms with Gasteiger partial charge >= 0.3 is 5.69 Å². The summed E-state index contributed by atoms with van der Waals surface area (Å²) in [5.74, 6) is -0.00226. The molecule has 7 heteroatoms. The summed E-state index contributed by atoms with van der Waals surface area (Å²) in [6.07, 6.45) is 5.64. The fraction of sp³-hybridized carbons (Fsp3) is 0.294. The van der Waals surface area contributed by atoms with Crippen LogP contribution >= 0.6 is 0 Å². The molecule has 1 aromatic heterocycles. The summed E-state index contributed by atoms with van der Waals surface area (Å²) in [4.78, 5) is 27.2. The smallest absolute Gasteiger partial charge is 0.330 e. The molecule has 41 heavy (non-hydrogen) atoms. The maximum absolute atomic E-state index is 12.8. The van der Waals surface area contributed by atoms with Crippen LogP contribution < -0.4 is 21.6 Å². The Kier molecular flexibility index (Phi) is 8.40. The van der Waals surface area contributed by atoms with Crippen LogP contribution in [-0.4, -0.2) is 30.6 Å². The molecule has 6 nitrogen and oxygen atoms in total. The Morgan fingerprint density at radius 3 is 2.05 bits per heavy atom. The molecule has 212 valence electrons. The van der Waals surface area contributed by atoms with Crippen LogP contribution in [0.1, 0.15) is 44.5 Å². The molecule has 0 aliphatic carbocycles. The van der Waals surface area contributed by atoms with E-state index in [2.05, 4.69) is 98.6 Å². The first-order valence-corrected chi connectivity index (χ1v) is 16.1. The van der Waals surface area contributed by atoms with Crippen LogP contribution in [0.15, 0.2) is 113 Å². The first-order chi connectivity index (χ1) is 19.7. The topological polar surface area (TPSA) is 73.3 Å². The van der Waals surface area contributed by atoms with Gasteiger partial charge in [-0.1, -0.05) is 124 Å². The highest BCUT2D eigenvalue weighted by Crippen LogP contribution is 2.39. The first kappa shape index (κ1) is 28.7. The van der Waals surface area contributed by atoms with E-state index < -0.39 is 20.2 Å². The lowest BCUT2D eigenvalue weighted by molar-refractivity contribution is -0.0263. The van der Waals surface area contributed by atoms with E-state index in [1.807, 2.05) is 30.3 Å². The van der Waals surface area contributed by atoms with Crippen molar-refractivity contribution in [3.8, 4) is 0 Å². The van der Waals surface area contributed by atoms with Crippen LogP contribution in [0.25, 0.3) is 6.08 Å². The van der Waals surface area contributed by atoms with Crippen LogP contribution in [0.4, 0.5) is 0 Å². The van der Waals surface area contributed by atoms with Gasteiger partial charge in [0.05, 0.1) is 12.7 Å². The van der Waals surface area contributed by atoms with Crippen molar-refractivity contribution in [3.63, 3.8) is 0 Å². The third-order valence-electron chi connectivity index (χ3n) is 7.96. The summed E-state index contributed by atoms with van der Waals surface area (Å²) < 4.78 is 15.3. The fourth-order valence-electron chi connectivity index (χ4n) is 5.85. The van der Waals surface area contributed by atoms with Crippen molar-refractivity contribution in [1.29, 1.82) is 0 Å². The van der Waals surface area contributed by atoms with Gasteiger partial charge in [-0.3, -0.25) is 14.3 Å². The van der Waals surface area contributed by atoms with Crippen molar-refractivity contribution in [2.45, 2.75) is 51.5 Å². The Labute approximate surface area is 242 Å². The van der Waals surface area contributed by atoms with Gasteiger partial charge in [0.15, 0.2) is 0 Å². The summed E-state index contributed by atoms with van der Waals surface area (Å²) in [5, 5.41) is 2.24. The number of nitrogens with zero attached hydrogens (tertiary/aromatic N) is 1. The molecule has 2 heterocycles. The largest absolute Gasteiger partial charge is 0.405 e. The zero-order valence-electron chi connectivity index (χ0n) is 24.1. The van der Waals surface area contributed by atoms with Crippen LogP contribution in [0, 0.1) is 12.8 Å². The van der Waals surface area contributed by atoms with E-state index in [4.69, 9.17) is 9.16 Å². The summed E-state index contributed by atoms with van der Waals surface area (Å²) >= 11 is 0. The lowest BCUT2D eigenvalue weighted by Gasteiger charge is -2.43. The predicted octanol–water partition coefficient (Wildman–Crippen LogP) is 5.04. The highest BCUT2D eigenvalue weighted by atomic mass is 28.4. The van der Waals surface area contributed by atoms with Gasteiger partial charge in [0.2, 0.25) is 0 Å². The Hall–Kier alpha value is -3.78. The van der Waals surface area contributed by atoms with Crippen molar-refractivity contribution in [1.82, 2.24) is 9.55 Å². The normalized spacial score (nSPS) is 19.6. The first-order valence-electron chi connectivity index (χ1n) is 14.1. The number of aryl methyl sites for hydroxylation is 1. The molecule has 5 rings (SSSR count). The molecule has 0 spiro atoms. The molecular weight excluding hydrogens is 528 g/mol. The summed E-state index contributed by atoms with van der Waals surface area (Å²) in [6, 6.07) is 31.2. The minimum atomic E-state index is -2.78. The van der Waals surface area contributed by atoms with Crippen molar-refractivity contribution < 1.29 is 9.16 Å². The van der Waals surface area contributed by atoms with Crippen molar-refractivity contribution in [2.24, 2.45) is 5.92 Å². The van der Waals surface area contributed by atoms with E-state index in [1.165, 1.54) is 14.9 Å². The Bertz CT molecular complexity index is 1550. The molecule has 0 saturated carbocycles. The molecule has 0 unspecified atom stereocenters. The SMILES string of the molecule is Cc1cn([C@H]2C[C@H](/C=C/c3ccccc3)[C@@H](CO[Si](c3ccccc3)(c3ccccc3)C(C)(C)C)O2)c(=O)[nH]c1=O. The molecule has 0 radical (unpaired) electrons. The van der Waals surface area contributed by atoms with E-state index >= 15 is 0 Å². The van der Waals surface area contributed by atoms with E-state index in [9.17, 15) is 9.59 Å². The minimum Gasteiger partial charge on any atom is -0.405 e. The second kappa shape index (κ2) is 12.0. The Balaban J connectivity index is 1.52. The molecule has 1 N–H and O–H groups in total. The second-order valence-electron chi connectivity index (χ2n) is 11.8. The molecule has 0 bridgehead atoms. The molecule has 0 amide bonds. The highest BCUT2D eigenvalue weighted by Gasteiger charge is 2.51. The number of H-pyrrole nitrogens is 1. The van der Waals surface area contributed by atoms with E-state index in [0.29, 0.717) is 18.6 Å². The van der Waals surface area contributed by atoms with Crippen LogP contribution in [0.2, 0.25) is 5.04 Å². The second-order valence-corrected chi connectivity index (χ2v) is 16.1. The molecule has 3 aromatic carbocycles. The zero-order valence-corrected chi connectivity index (χ0v) is 25.1. The van der Waals surface area contributed by atoms with Crippen molar-refractivity contribution >= 4 is 24.8 Å². The number of rotatable bonds is 8. The number of benzene rings is 3. The lowest BCUT2D eigenvalue weighted by Crippen LogP contribution is -2.67. The Morgan fingerprint density at radius 1 is 0.927 bits per heavy atom. The molecule has 1 aliphatic heterocycles. The number of aromatic nitrogens is 2. The number of hydrogen-bond acceptors (Lipinski definition) is 4. The number of aromatic amines is 1. The molecule has 4 aromatic rings. The third-order valence-corrected chi connectivity index (χ3v) is 13.0. The predicted molar refractivity (Wildman–Crippen MR) is 167 cm³/mol.